The molecular weight excluding hydrogens is 371 g/mol. The molecule has 20 heavy (non-hydrogen) atoms. The molecular formula is C14H10BrCl2F2N. The molecule has 0 saturated heterocycles. The molecule has 0 radical (unpaired) electrons. The lowest BCUT2D eigenvalue weighted by molar-refractivity contribution is 0.582. The van der Waals surface area contributed by atoms with E-state index >= 15 is 0 Å². The molecule has 2 aromatic carbocycles. The smallest absolute Gasteiger partial charge is 0.150 e. The van der Waals surface area contributed by atoms with Crippen LogP contribution in [-0.2, 0) is 0 Å². The topological polar surface area (TPSA) is 12.0 Å². The summed E-state index contributed by atoms with van der Waals surface area (Å²) in [4.78, 5) is 0. The van der Waals surface area contributed by atoms with E-state index in [1.807, 2.05) is 6.92 Å². The van der Waals surface area contributed by atoms with Crippen LogP contribution in [0.15, 0.2) is 34.8 Å². The van der Waals surface area contributed by atoms with Crippen LogP contribution < -0.4 is 5.32 Å². The van der Waals surface area contributed by atoms with Crippen molar-refractivity contribution in [2.75, 3.05) is 5.32 Å². The third kappa shape index (κ3) is 3.43. The normalized spacial score (nSPS) is 12.3. The van der Waals surface area contributed by atoms with E-state index in [9.17, 15) is 8.78 Å². The highest BCUT2D eigenvalue weighted by molar-refractivity contribution is 9.10. The third-order valence-electron chi connectivity index (χ3n) is 2.79. The van der Waals surface area contributed by atoms with Crippen LogP contribution in [0.5, 0.6) is 0 Å². The van der Waals surface area contributed by atoms with Crippen molar-refractivity contribution in [3.05, 3.63) is 62.0 Å². The Kier molecular flexibility index (Phi) is 4.89. The van der Waals surface area contributed by atoms with Crippen LogP contribution in [0.2, 0.25) is 10.0 Å². The van der Waals surface area contributed by atoms with Gasteiger partial charge < -0.3 is 5.32 Å². The molecule has 0 aliphatic heterocycles. The lowest BCUT2D eigenvalue weighted by atomic mass is 10.1. The molecule has 0 aliphatic carbocycles. The summed E-state index contributed by atoms with van der Waals surface area (Å²) in [5, 5.41) is 4.02. The van der Waals surface area contributed by atoms with E-state index in [0.717, 1.165) is 11.6 Å². The van der Waals surface area contributed by atoms with E-state index in [0.29, 0.717) is 14.5 Å². The minimum absolute atomic E-state index is 0.176. The first kappa shape index (κ1) is 15.5. The minimum atomic E-state index is -0.679. The largest absolute Gasteiger partial charge is 0.375 e. The third-order valence-corrected chi connectivity index (χ3v) is 4.00. The number of halogens is 5. The van der Waals surface area contributed by atoms with Crippen LogP contribution in [-0.4, -0.2) is 0 Å². The minimum Gasteiger partial charge on any atom is -0.375 e. The maximum absolute atomic E-state index is 13.8. The van der Waals surface area contributed by atoms with Crippen LogP contribution in [0.3, 0.4) is 0 Å². The molecule has 0 fully saturated rings. The van der Waals surface area contributed by atoms with Crippen molar-refractivity contribution >= 4 is 44.8 Å². The molecule has 1 N–H and O–H groups in total. The Morgan fingerprint density at radius 1 is 1.15 bits per heavy atom. The summed E-state index contributed by atoms with van der Waals surface area (Å²) in [7, 11) is 0. The Morgan fingerprint density at radius 3 is 2.50 bits per heavy atom. The van der Waals surface area contributed by atoms with Gasteiger partial charge in [-0.3, -0.25) is 0 Å². The Labute approximate surface area is 134 Å². The fourth-order valence-corrected chi connectivity index (χ4v) is 2.81. The van der Waals surface area contributed by atoms with Crippen molar-refractivity contribution in [3.8, 4) is 0 Å². The molecule has 0 spiro atoms. The van der Waals surface area contributed by atoms with Crippen LogP contribution in [0.4, 0.5) is 14.5 Å². The molecule has 0 saturated carbocycles. The van der Waals surface area contributed by atoms with Crippen molar-refractivity contribution in [3.63, 3.8) is 0 Å². The standard InChI is InChI=1S/C14H10BrCl2F2N/c1-7(10-4-8(16)2-3-12(10)17)20-14-11(15)5-9(18)6-13(14)19/h2-7,20H,1H3. The second-order valence-corrected chi connectivity index (χ2v) is 5.97. The van der Waals surface area contributed by atoms with Crippen LogP contribution in [0.1, 0.15) is 18.5 Å². The summed E-state index contributed by atoms with van der Waals surface area (Å²) < 4.78 is 27.1. The average molecular weight is 381 g/mol. The summed E-state index contributed by atoms with van der Waals surface area (Å²) in [6.07, 6.45) is 0. The monoisotopic (exact) mass is 379 g/mol. The average Bonchev–Trinajstić information content (AvgIpc) is 2.36. The number of benzene rings is 2. The number of anilines is 1. The fourth-order valence-electron chi connectivity index (χ4n) is 1.82. The SMILES string of the molecule is CC(Nc1c(F)cc(F)cc1Br)c1cc(Cl)ccc1Cl. The lowest BCUT2D eigenvalue weighted by Gasteiger charge is -2.19. The highest BCUT2D eigenvalue weighted by atomic mass is 79.9. The zero-order valence-electron chi connectivity index (χ0n) is 10.4. The van der Waals surface area contributed by atoms with Crippen molar-refractivity contribution in [1.29, 1.82) is 0 Å². The van der Waals surface area contributed by atoms with Gasteiger partial charge >= 0.3 is 0 Å². The van der Waals surface area contributed by atoms with Crippen molar-refractivity contribution in [2.45, 2.75) is 13.0 Å². The van der Waals surface area contributed by atoms with Gasteiger partial charge in [-0.1, -0.05) is 23.2 Å². The van der Waals surface area contributed by atoms with Gasteiger partial charge in [0.05, 0.1) is 11.7 Å². The first-order chi connectivity index (χ1) is 9.38. The number of nitrogens with one attached hydrogen (secondary N) is 1. The maximum Gasteiger partial charge on any atom is 0.150 e. The van der Waals surface area contributed by atoms with Gasteiger partial charge in [0.25, 0.3) is 0 Å². The summed E-state index contributed by atoms with van der Waals surface area (Å²) in [6, 6.07) is 6.77. The van der Waals surface area contributed by atoms with Crippen molar-refractivity contribution in [1.82, 2.24) is 0 Å². The predicted molar refractivity (Wildman–Crippen MR) is 82.6 cm³/mol. The molecule has 6 heteroatoms. The fraction of sp³-hybridized carbons (Fsp3) is 0.143. The second kappa shape index (κ2) is 6.29. The van der Waals surface area contributed by atoms with E-state index in [4.69, 9.17) is 23.2 Å². The summed E-state index contributed by atoms with van der Waals surface area (Å²) in [5.74, 6) is -1.32. The molecule has 0 heterocycles. The van der Waals surface area contributed by atoms with E-state index in [1.54, 1.807) is 18.2 Å². The van der Waals surface area contributed by atoms with E-state index in [2.05, 4.69) is 21.2 Å². The first-order valence-corrected chi connectivity index (χ1v) is 7.29. The Morgan fingerprint density at radius 2 is 1.85 bits per heavy atom. The summed E-state index contributed by atoms with van der Waals surface area (Å²) in [5.41, 5.74) is 0.907. The highest BCUT2D eigenvalue weighted by Crippen LogP contribution is 2.33. The quantitative estimate of drug-likeness (QED) is 0.667. The van der Waals surface area contributed by atoms with Gasteiger partial charge in [-0.15, -0.1) is 0 Å². The number of hydrogen-bond donors (Lipinski definition) is 1. The van der Waals surface area contributed by atoms with Gasteiger partial charge in [-0.25, -0.2) is 8.78 Å². The molecule has 1 atom stereocenters. The van der Waals surface area contributed by atoms with Gasteiger partial charge in [0.1, 0.15) is 11.6 Å². The molecule has 2 rings (SSSR count). The molecule has 106 valence electrons. The van der Waals surface area contributed by atoms with E-state index in [1.165, 1.54) is 6.07 Å². The zero-order valence-corrected chi connectivity index (χ0v) is 13.5. The first-order valence-electron chi connectivity index (χ1n) is 5.74. The predicted octanol–water partition coefficient (Wildman–Crippen LogP) is 6.21. The molecule has 0 aromatic heterocycles. The zero-order chi connectivity index (χ0) is 14.9. The van der Waals surface area contributed by atoms with Gasteiger partial charge in [0.2, 0.25) is 0 Å². The van der Waals surface area contributed by atoms with Crippen molar-refractivity contribution < 1.29 is 8.78 Å². The van der Waals surface area contributed by atoms with Crippen molar-refractivity contribution in [2.24, 2.45) is 0 Å². The number of rotatable bonds is 3. The molecule has 0 aliphatic rings. The Hall–Kier alpha value is -0.840. The van der Waals surface area contributed by atoms with Crippen LogP contribution >= 0.6 is 39.1 Å². The summed E-state index contributed by atoms with van der Waals surface area (Å²) >= 11 is 15.2. The van der Waals surface area contributed by atoms with Gasteiger partial charge in [0.15, 0.2) is 0 Å². The van der Waals surface area contributed by atoms with E-state index < -0.39 is 11.6 Å². The van der Waals surface area contributed by atoms with Crippen LogP contribution in [0, 0.1) is 11.6 Å². The number of hydrogen-bond acceptors (Lipinski definition) is 1. The van der Waals surface area contributed by atoms with Gasteiger partial charge in [0, 0.05) is 20.6 Å². The molecule has 2 aromatic rings. The highest BCUT2D eigenvalue weighted by Gasteiger charge is 2.15. The van der Waals surface area contributed by atoms with Crippen LogP contribution in [0.25, 0.3) is 0 Å². The van der Waals surface area contributed by atoms with Gasteiger partial charge in [-0.2, -0.15) is 0 Å². The Balaban J connectivity index is 2.32. The molecule has 0 bridgehead atoms. The molecule has 1 nitrogen and oxygen atoms in total. The van der Waals surface area contributed by atoms with Gasteiger partial charge in [-0.05, 0) is 52.7 Å². The Bertz CT molecular complexity index is 626. The molecule has 1 unspecified atom stereocenters. The maximum atomic E-state index is 13.8. The second-order valence-electron chi connectivity index (χ2n) is 4.28. The van der Waals surface area contributed by atoms with E-state index in [-0.39, 0.29) is 11.7 Å². The molecule has 0 amide bonds. The lowest BCUT2D eigenvalue weighted by Crippen LogP contribution is -2.09. The summed E-state index contributed by atoms with van der Waals surface area (Å²) in [6.45, 7) is 1.81.